The molecule has 0 bridgehead atoms. The molecule has 2 N–H and O–H groups in total. The summed E-state index contributed by atoms with van der Waals surface area (Å²) in [4.78, 5) is 21.3. The van der Waals surface area contributed by atoms with Crippen LogP contribution in [-0.4, -0.2) is 22.5 Å². The second-order valence-electron chi connectivity index (χ2n) is 5.91. The normalized spacial score (nSPS) is 14.6. The van der Waals surface area contributed by atoms with Crippen LogP contribution in [0.25, 0.3) is 0 Å². The maximum atomic E-state index is 14.3. The van der Waals surface area contributed by atoms with Gasteiger partial charge in [0.1, 0.15) is 5.69 Å². The Morgan fingerprint density at radius 1 is 1.40 bits per heavy atom. The number of benzene rings is 1. The Labute approximate surface area is 142 Å². The SMILES string of the molecule is Cc1cccn(O)c1=Nc1c(C(=O)NOCC2CC2)ccc(F)c1F. The molecular weight excluding hydrogens is 332 g/mol. The van der Waals surface area contributed by atoms with E-state index in [-0.39, 0.29) is 11.1 Å². The highest BCUT2D eigenvalue weighted by atomic mass is 19.2. The third-order valence-corrected chi connectivity index (χ3v) is 3.86. The van der Waals surface area contributed by atoms with Crippen LogP contribution in [0.3, 0.4) is 0 Å². The first-order valence-electron chi connectivity index (χ1n) is 7.79. The van der Waals surface area contributed by atoms with Crippen molar-refractivity contribution in [3.05, 3.63) is 58.7 Å². The number of hydrogen-bond acceptors (Lipinski definition) is 4. The zero-order valence-corrected chi connectivity index (χ0v) is 13.5. The zero-order valence-electron chi connectivity index (χ0n) is 13.5. The van der Waals surface area contributed by atoms with Crippen LogP contribution in [0.15, 0.2) is 35.5 Å². The third-order valence-electron chi connectivity index (χ3n) is 3.86. The summed E-state index contributed by atoms with van der Waals surface area (Å²) < 4.78 is 28.5. The maximum absolute atomic E-state index is 14.3. The highest BCUT2D eigenvalue weighted by Crippen LogP contribution is 2.29. The van der Waals surface area contributed by atoms with Crippen LogP contribution in [0.2, 0.25) is 0 Å². The van der Waals surface area contributed by atoms with Gasteiger partial charge < -0.3 is 5.21 Å². The van der Waals surface area contributed by atoms with Crippen molar-refractivity contribution in [3.8, 4) is 0 Å². The summed E-state index contributed by atoms with van der Waals surface area (Å²) in [6.07, 6.45) is 3.39. The van der Waals surface area contributed by atoms with Crippen molar-refractivity contribution in [1.82, 2.24) is 10.2 Å². The Balaban J connectivity index is 1.99. The Morgan fingerprint density at radius 3 is 2.84 bits per heavy atom. The van der Waals surface area contributed by atoms with Crippen molar-refractivity contribution in [2.45, 2.75) is 19.8 Å². The largest absolute Gasteiger partial charge is 0.427 e. The summed E-state index contributed by atoms with van der Waals surface area (Å²) in [6.45, 7) is 2.01. The number of nitrogens with one attached hydrogen (secondary N) is 1. The standard InChI is InChI=1S/C17H17F2N3O3/c1-10-3-2-8-22(24)16(10)20-15-12(6-7-13(18)14(15)19)17(23)21-25-9-11-4-5-11/h2-3,6-8,11,24H,4-5,9H2,1H3,(H,21,23). The third kappa shape index (κ3) is 3.85. The molecule has 1 aromatic heterocycles. The molecule has 25 heavy (non-hydrogen) atoms. The minimum absolute atomic E-state index is 0.0139. The van der Waals surface area contributed by atoms with E-state index in [0.29, 0.717) is 22.8 Å². The second-order valence-corrected chi connectivity index (χ2v) is 5.91. The second kappa shape index (κ2) is 7.02. The number of carbonyl (C=O) groups is 1. The molecule has 1 saturated carbocycles. The molecule has 0 atom stereocenters. The Hall–Kier alpha value is -2.74. The van der Waals surface area contributed by atoms with Gasteiger partial charge in [-0.3, -0.25) is 9.63 Å². The van der Waals surface area contributed by atoms with Crippen LogP contribution in [0.1, 0.15) is 28.8 Å². The van der Waals surface area contributed by atoms with E-state index in [4.69, 9.17) is 4.84 Å². The van der Waals surface area contributed by atoms with Gasteiger partial charge in [-0.05, 0) is 49.4 Å². The predicted octanol–water partition coefficient (Wildman–Crippen LogP) is 2.62. The fraction of sp³-hybridized carbons (Fsp3) is 0.294. The van der Waals surface area contributed by atoms with Crippen LogP contribution in [0.4, 0.5) is 14.5 Å². The van der Waals surface area contributed by atoms with Gasteiger partial charge in [0.25, 0.3) is 5.91 Å². The summed E-state index contributed by atoms with van der Waals surface area (Å²) in [5.41, 5.74) is 2.01. The molecule has 0 radical (unpaired) electrons. The van der Waals surface area contributed by atoms with E-state index in [2.05, 4.69) is 10.5 Å². The molecule has 1 fully saturated rings. The fourth-order valence-electron chi connectivity index (χ4n) is 2.24. The molecule has 2 aromatic rings. The Kier molecular flexibility index (Phi) is 4.80. The monoisotopic (exact) mass is 349 g/mol. The molecule has 0 saturated heterocycles. The molecular formula is C17H17F2N3O3. The van der Waals surface area contributed by atoms with Gasteiger partial charge >= 0.3 is 0 Å². The molecule has 8 heteroatoms. The number of hydrogen-bond donors (Lipinski definition) is 2. The first-order chi connectivity index (χ1) is 12.0. The fourth-order valence-corrected chi connectivity index (χ4v) is 2.24. The van der Waals surface area contributed by atoms with Crippen molar-refractivity contribution in [3.63, 3.8) is 0 Å². The quantitative estimate of drug-likeness (QED) is 0.644. The summed E-state index contributed by atoms with van der Waals surface area (Å²) in [6, 6.07) is 5.17. The van der Waals surface area contributed by atoms with Crippen molar-refractivity contribution < 1.29 is 23.6 Å². The lowest BCUT2D eigenvalue weighted by atomic mass is 10.1. The zero-order chi connectivity index (χ0) is 18.0. The number of pyridine rings is 1. The van der Waals surface area contributed by atoms with Crippen LogP contribution in [0, 0.1) is 24.5 Å². The van der Waals surface area contributed by atoms with Crippen molar-refractivity contribution in [2.24, 2.45) is 10.9 Å². The molecule has 1 aliphatic rings. The summed E-state index contributed by atoms with van der Waals surface area (Å²) >= 11 is 0. The average Bonchev–Trinajstić information content (AvgIpc) is 3.39. The van der Waals surface area contributed by atoms with Crippen LogP contribution >= 0.6 is 0 Å². The summed E-state index contributed by atoms with van der Waals surface area (Å²) in [7, 11) is 0. The number of amides is 1. The average molecular weight is 349 g/mol. The van der Waals surface area contributed by atoms with Crippen molar-refractivity contribution in [1.29, 1.82) is 0 Å². The van der Waals surface area contributed by atoms with Crippen LogP contribution in [-0.2, 0) is 4.84 Å². The lowest BCUT2D eigenvalue weighted by Gasteiger charge is -2.09. The molecule has 1 aromatic carbocycles. The molecule has 0 spiro atoms. The molecule has 0 aliphatic heterocycles. The van der Waals surface area contributed by atoms with Gasteiger partial charge in [0.05, 0.1) is 12.2 Å². The molecule has 1 heterocycles. The highest BCUT2D eigenvalue weighted by molar-refractivity contribution is 5.98. The first kappa shape index (κ1) is 17.1. The van der Waals surface area contributed by atoms with Crippen LogP contribution in [0.5, 0.6) is 0 Å². The van der Waals surface area contributed by atoms with E-state index < -0.39 is 23.2 Å². The number of hydroxylamine groups is 1. The van der Waals surface area contributed by atoms with E-state index in [1.54, 1.807) is 19.1 Å². The topological polar surface area (TPSA) is 75.8 Å². The minimum atomic E-state index is -1.28. The lowest BCUT2D eigenvalue weighted by molar-refractivity contribution is 0.0270. The van der Waals surface area contributed by atoms with Gasteiger partial charge in [-0.1, -0.05) is 6.07 Å². The van der Waals surface area contributed by atoms with Gasteiger partial charge in [-0.2, -0.15) is 4.73 Å². The summed E-state index contributed by atoms with van der Waals surface area (Å²) in [5.74, 6) is -2.74. The first-order valence-corrected chi connectivity index (χ1v) is 7.79. The van der Waals surface area contributed by atoms with E-state index in [1.807, 2.05) is 0 Å². The number of nitrogens with zero attached hydrogens (tertiary/aromatic N) is 2. The number of rotatable bonds is 5. The smallest absolute Gasteiger partial charge is 0.277 e. The van der Waals surface area contributed by atoms with Gasteiger partial charge in [-0.15, -0.1) is 0 Å². The van der Waals surface area contributed by atoms with Crippen molar-refractivity contribution >= 4 is 11.6 Å². The van der Waals surface area contributed by atoms with E-state index in [0.717, 1.165) is 25.0 Å². The van der Waals surface area contributed by atoms with Gasteiger partial charge in [0.15, 0.2) is 17.1 Å². The predicted molar refractivity (Wildman–Crippen MR) is 84.1 cm³/mol. The minimum Gasteiger partial charge on any atom is -0.427 e. The molecule has 1 aliphatic carbocycles. The summed E-state index contributed by atoms with van der Waals surface area (Å²) in [5, 5.41) is 9.83. The number of carbonyl (C=O) groups excluding carboxylic acids is 1. The van der Waals surface area contributed by atoms with Gasteiger partial charge in [-0.25, -0.2) is 19.3 Å². The van der Waals surface area contributed by atoms with E-state index in [1.165, 1.54) is 6.20 Å². The Bertz CT molecular complexity index is 853. The van der Waals surface area contributed by atoms with Crippen molar-refractivity contribution in [2.75, 3.05) is 6.61 Å². The van der Waals surface area contributed by atoms with Gasteiger partial charge in [0.2, 0.25) is 0 Å². The molecule has 6 nitrogen and oxygen atoms in total. The molecule has 1 amide bonds. The van der Waals surface area contributed by atoms with Gasteiger partial charge in [0, 0.05) is 6.20 Å². The maximum Gasteiger partial charge on any atom is 0.277 e. The molecule has 0 unspecified atom stereocenters. The highest BCUT2D eigenvalue weighted by Gasteiger charge is 2.23. The number of aromatic nitrogens is 1. The van der Waals surface area contributed by atoms with Crippen LogP contribution < -0.4 is 11.0 Å². The molecule has 3 rings (SSSR count). The number of aryl methyl sites for hydroxylation is 1. The van der Waals surface area contributed by atoms with E-state index in [9.17, 15) is 18.8 Å². The lowest BCUT2D eigenvalue weighted by Crippen LogP contribution is -2.26. The Morgan fingerprint density at radius 2 is 2.16 bits per heavy atom. The number of halogens is 2. The van der Waals surface area contributed by atoms with E-state index >= 15 is 0 Å². The molecule has 132 valence electrons.